The summed E-state index contributed by atoms with van der Waals surface area (Å²) < 4.78 is 21.4. The maximum Gasteiger partial charge on any atom is 0.337 e. The topological polar surface area (TPSA) is 109 Å². The minimum atomic E-state index is -3.49. The summed E-state index contributed by atoms with van der Waals surface area (Å²) in [4.78, 5) is 11.0. The van der Waals surface area contributed by atoms with Gasteiger partial charge in [-0.2, -0.15) is 0 Å². The van der Waals surface area contributed by atoms with E-state index in [9.17, 15) is 13.2 Å². The Morgan fingerprint density at radius 3 is 2.67 bits per heavy atom. The Morgan fingerprint density at radius 2 is 2.11 bits per heavy atom. The summed E-state index contributed by atoms with van der Waals surface area (Å²) >= 11 is 5.70. The number of anilines is 1. The zero-order valence-electron chi connectivity index (χ0n) is 9.39. The van der Waals surface area contributed by atoms with Crippen LogP contribution in [0.3, 0.4) is 0 Å². The summed E-state index contributed by atoms with van der Waals surface area (Å²) in [7, 11) is -3.49. The van der Waals surface area contributed by atoms with Crippen molar-refractivity contribution >= 4 is 33.3 Å². The van der Waals surface area contributed by atoms with Gasteiger partial charge in [0.1, 0.15) is 0 Å². The van der Waals surface area contributed by atoms with E-state index in [1.807, 2.05) is 0 Å². The smallest absolute Gasteiger partial charge is 0.337 e. The van der Waals surface area contributed by atoms with Crippen LogP contribution in [0, 0.1) is 0 Å². The quantitative estimate of drug-likeness (QED) is 0.681. The Morgan fingerprint density at radius 1 is 1.44 bits per heavy atom. The molecule has 0 bridgehead atoms. The lowest BCUT2D eigenvalue weighted by atomic mass is 10.2. The first-order chi connectivity index (χ1) is 8.29. The molecule has 0 heterocycles. The van der Waals surface area contributed by atoms with E-state index >= 15 is 0 Å². The number of hydrogen-bond acceptors (Lipinski definition) is 4. The van der Waals surface area contributed by atoms with Gasteiger partial charge in [-0.15, -0.1) is 0 Å². The van der Waals surface area contributed by atoms with Crippen LogP contribution in [-0.2, 0) is 10.0 Å². The van der Waals surface area contributed by atoms with Gasteiger partial charge >= 0.3 is 5.97 Å². The molecule has 0 aromatic heterocycles. The molecule has 0 saturated carbocycles. The van der Waals surface area contributed by atoms with Gasteiger partial charge in [0, 0.05) is 17.3 Å². The molecule has 0 fully saturated rings. The summed E-state index contributed by atoms with van der Waals surface area (Å²) in [5, 5.41) is 17.0. The maximum atomic E-state index is 11.0. The Kier molecular flexibility index (Phi) is 4.94. The summed E-state index contributed by atoms with van der Waals surface area (Å²) in [6.07, 6.45) is 0.292. The molecule has 4 N–H and O–H groups in total. The van der Waals surface area contributed by atoms with Gasteiger partial charge in [-0.25, -0.2) is 18.4 Å². The number of nitrogens with one attached hydrogen (secondary N) is 1. The third-order valence-corrected chi connectivity index (χ3v) is 3.23. The summed E-state index contributed by atoms with van der Waals surface area (Å²) in [5.41, 5.74) is 0.430. The molecular weight excluding hydrogens is 280 g/mol. The Hall–Kier alpha value is -1.31. The molecule has 1 rings (SSSR count). The van der Waals surface area contributed by atoms with Gasteiger partial charge in [-0.1, -0.05) is 11.6 Å². The second-order valence-electron chi connectivity index (χ2n) is 3.64. The average Bonchev–Trinajstić information content (AvgIpc) is 2.24. The van der Waals surface area contributed by atoms with Gasteiger partial charge in [-0.3, -0.25) is 0 Å². The van der Waals surface area contributed by atoms with Gasteiger partial charge in [0.2, 0.25) is 10.0 Å². The summed E-state index contributed by atoms with van der Waals surface area (Å²) in [5.74, 6) is -1.26. The van der Waals surface area contributed by atoms with Crippen LogP contribution in [0.25, 0.3) is 0 Å². The van der Waals surface area contributed by atoms with E-state index in [1.54, 1.807) is 6.07 Å². The van der Waals surface area contributed by atoms with Crippen molar-refractivity contribution in [3.8, 4) is 0 Å². The molecule has 6 nitrogen and oxygen atoms in total. The van der Waals surface area contributed by atoms with E-state index < -0.39 is 16.0 Å². The van der Waals surface area contributed by atoms with Gasteiger partial charge in [-0.05, 0) is 24.6 Å². The molecule has 1 aromatic carbocycles. The third-order valence-electron chi connectivity index (χ3n) is 2.13. The Balaban J connectivity index is 2.65. The van der Waals surface area contributed by atoms with Crippen LogP contribution in [0.2, 0.25) is 5.02 Å². The van der Waals surface area contributed by atoms with Crippen molar-refractivity contribution in [2.24, 2.45) is 5.14 Å². The molecule has 0 aliphatic heterocycles. The SMILES string of the molecule is NS(=O)(=O)CCCNc1ccc(Cl)cc1C(=O)O. The van der Waals surface area contributed by atoms with Crippen LogP contribution in [0.5, 0.6) is 0 Å². The number of carbonyl (C=O) groups is 1. The number of carboxylic acid groups (broad SMARTS) is 1. The first kappa shape index (κ1) is 14.7. The number of aromatic carboxylic acids is 1. The molecule has 0 spiro atoms. The van der Waals surface area contributed by atoms with Gasteiger partial charge < -0.3 is 10.4 Å². The van der Waals surface area contributed by atoms with Crippen LogP contribution in [-0.4, -0.2) is 31.8 Å². The molecule has 0 amide bonds. The minimum absolute atomic E-state index is 0.0399. The number of primary sulfonamides is 1. The third kappa shape index (κ3) is 4.91. The summed E-state index contributed by atoms with van der Waals surface area (Å²) in [6, 6.07) is 4.41. The van der Waals surface area contributed by atoms with Crippen molar-refractivity contribution in [3.63, 3.8) is 0 Å². The number of nitrogens with two attached hydrogens (primary N) is 1. The molecule has 8 heteroatoms. The van der Waals surface area contributed by atoms with Crippen LogP contribution in [0.15, 0.2) is 18.2 Å². The highest BCUT2D eigenvalue weighted by atomic mass is 35.5. The normalized spacial score (nSPS) is 11.2. The van der Waals surface area contributed by atoms with E-state index in [0.29, 0.717) is 23.7 Å². The predicted octanol–water partition coefficient (Wildman–Crippen LogP) is 1.13. The largest absolute Gasteiger partial charge is 0.478 e. The molecular formula is C10H13ClN2O4S. The number of hydrogen-bond donors (Lipinski definition) is 3. The first-order valence-electron chi connectivity index (χ1n) is 5.07. The van der Waals surface area contributed by atoms with E-state index in [0.717, 1.165) is 0 Å². The lowest BCUT2D eigenvalue weighted by molar-refractivity contribution is 0.0698. The van der Waals surface area contributed by atoms with Gasteiger partial charge in [0.05, 0.1) is 11.3 Å². The molecule has 0 radical (unpaired) electrons. The van der Waals surface area contributed by atoms with Crippen molar-refractivity contribution in [2.45, 2.75) is 6.42 Å². The van der Waals surface area contributed by atoms with E-state index in [4.69, 9.17) is 21.8 Å². The molecule has 0 atom stereocenters. The standard InChI is InChI=1S/C10H13ClN2O4S/c11-7-2-3-9(8(6-7)10(14)15)13-4-1-5-18(12,16)17/h2-3,6,13H,1,4-5H2,(H,14,15)(H2,12,16,17). The first-order valence-corrected chi connectivity index (χ1v) is 7.16. The highest BCUT2D eigenvalue weighted by molar-refractivity contribution is 7.89. The Bertz CT molecular complexity index is 545. The predicted molar refractivity (Wildman–Crippen MR) is 69.5 cm³/mol. The number of benzene rings is 1. The highest BCUT2D eigenvalue weighted by Crippen LogP contribution is 2.20. The molecule has 0 saturated heterocycles. The minimum Gasteiger partial charge on any atom is -0.478 e. The summed E-state index contributed by atoms with van der Waals surface area (Å²) in [6.45, 7) is 0.304. The van der Waals surface area contributed by atoms with Crippen molar-refractivity contribution in [1.82, 2.24) is 0 Å². The Labute approximate surface area is 110 Å². The average molecular weight is 293 g/mol. The fourth-order valence-electron chi connectivity index (χ4n) is 1.34. The highest BCUT2D eigenvalue weighted by Gasteiger charge is 2.10. The van der Waals surface area contributed by atoms with Crippen LogP contribution < -0.4 is 10.5 Å². The fraction of sp³-hybridized carbons (Fsp3) is 0.300. The van der Waals surface area contributed by atoms with E-state index in [1.165, 1.54) is 12.1 Å². The van der Waals surface area contributed by atoms with Crippen molar-refractivity contribution < 1.29 is 18.3 Å². The fourth-order valence-corrected chi connectivity index (χ4v) is 2.06. The lowest BCUT2D eigenvalue weighted by Gasteiger charge is -2.09. The zero-order valence-corrected chi connectivity index (χ0v) is 11.0. The van der Waals surface area contributed by atoms with Crippen molar-refractivity contribution in [1.29, 1.82) is 0 Å². The molecule has 0 aliphatic rings. The molecule has 18 heavy (non-hydrogen) atoms. The molecule has 0 unspecified atom stereocenters. The van der Waals surface area contributed by atoms with E-state index in [2.05, 4.69) is 5.32 Å². The number of halogens is 1. The van der Waals surface area contributed by atoms with Gasteiger partial charge in [0.15, 0.2) is 0 Å². The van der Waals surface area contributed by atoms with Gasteiger partial charge in [0.25, 0.3) is 0 Å². The lowest BCUT2D eigenvalue weighted by Crippen LogP contribution is -2.19. The number of sulfonamides is 1. The number of rotatable bonds is 6. The monoisotopic (exact) mass is 292 g/mol. The van der Waals surface area contributed by atoms with Crippen LogP contribution >= 0.6 is 11.6 Å². The van der Waals surface area contributed by atoms with Crippen LogP contribution in [0.1, 0.15) is 16.8 Å². The molecule has 100 valence electrons. The van der Waals surface area contributed by atoms with Crippen molar-refractivity contribution in [3.05, 3.63) is 28.8 Å². The van der Waals surface area contributed by atoms with Crippen LogP contribution in [0.4, 0.5) is 5.69 Å². The van der Waals surface area contributed by atoms with Crippen molar-refractivity contribution in [2.75, 3.05) is 17.6 Å². The zero-order chi connectivity index (χ0) is 13.8. The molecule has 0 aliphatic carbocycles. The second kappa shape index (κ2) is 6.03. The number of carboxylic acids is 1. The van der Waals surface area contributed by atoms with E-state index in [-0.39, 0.29) is 11.3 Å². The molecule has 1 aromatic rings. The maximum absolute atomic E-state index is 11.0. The second-order valence-corrected chi connectivity index (χ2v) is 5.81.